The Hall–Kier alpha value is -1.37. The zero-order chi connectivity index (χ0) is 9.36. The standard InChI is InChI=1S/C12H14O/c13-11-7-2-1-4-8-12-9-5-3-6-10-12/h3-6,8-11H,1-2,7H2/b8-4+. The number of carbonyl (C=O) groups excluding carboxylic acids is 1. The highest BCUT2D eigenvalue weighted by Gasteiger charge is 1.83. The van der Waals surface area contributed by atoms with Crippen molar-refractivity contribution in [3.63, 3.8) is 0 Å². The minimum absolute atomic E-state index is 0.666. The van der Waals surface area contributed by atoms with Gasteiger partial charge in [0.2, 0.25) is 0 Å². The van der Waals surface area contributed by atoms with Crippen LogP contribution in [0.4, 0.5) is 0 Å². The van der Waals surface area contributed by atoms with Crippen molar-refractivity contribution >= 4 is 12.4 Å². The van der Waals surface area contributed by atoms with Gasteiger partial charge in [-0.25, -0.2) is 0 Å². The number of hydrogen-bond acceptors (Lipinski definition) is 1. The number of aldehydes is 1. The molecule has 1 rings (SSSR count). The third kappa shape index (κ3) is 4.26. The Kier molecular flexibility index (Phi) is 4.62. The minimum atomic E-state index is 0.666. The van der Waals surface area contributed by atoms with E-state index in [-0.39, 0.29) is 0 Å². The van der Waals surface area contributed by atoms with Crippen LogP contribution in [0.1, 0.15) is 24.8 Å². The Morgan fingerprint density at radius 3 is 2.54 bits per heavy atom. The van der Waals surface area contributed by atoms with Crippen LogP contribution in [0.25, 0.3) is 6.08 Å². The molecule has 0 fully saturated rings. The maximum Gasteiger partial charge on any atom is 0.120 e. The molecule has 0 unspecified atom stereocenters. The Morgan fingerprint density at radius 1 is 1.08 bits per heavy atom. The molecule has 0 saturated heterocycles. The molecular weight excluding hydrogens is 160 g/mol. The van der Waals surface area contributed by atoms with Crippen molar-refractivity contribution in [1.82, 2.24) is 0 Å². The molecule has 0 aliphatic carbocycles. The van der Waals surface area contributed by atoms with Crippen molar-refractivity contribution in [3.05, 3.63) is 42.0 Å². The molecule has 0 atom stereocenters. The summed E-state index contributed by atoms with van der Waals surface area (Å²) in [5, 5.41) is 0. The van der Waals surface area contributed by atoms with Gasteiger partial charge in [0.1, 0.15) is 6.29 Å². The van der Waals surface area contributed by atoms with Crippen LogP contribution in [-0.4, -0.2) is 6.29 Å². The van der Waals surface area contributed by atoms with E-state index in [9.17, 15) is 4.79 Å². The SMILES string of the molecule is O=CCCC/C=C/c1ccccc1. The lowest BCUT2D eigenvalue weighted by Gasteiger charge is -1.91. The topological polar surface area (TPSA) is 17.1 Å². The van der Waals surface area contributed by atoms with Gasteiger partial charge in [0.15, 0.2) is 0 Å². The number of hydrogen-bond donors (Lipinski definition) is 0. The van der Waals surface area contributed by atoms with E-state index in [0.29, 0.717) is 6.42 Å². The molecule has 0 radical (unpaired) electrons. The molecule has 1 aromatic rings. The van der Waals surface area contributed by atoms with Crippen LogP contribution < -0.4 is 0 Å². The lowest BCUT2D eigenvalue weighted by Crippen LogP contribution is -1.74. The first kappa shape index (κ1) is 9.72. The monoisotopic (exact) mass is 174 g/mol. The molecule has 0 bridgehead atoms. The van der Waals surface area contributed by atoms with E-state index in [1.54, 1.807) is 0 Å². The molecule has 0 spiro atoms. The van der Waals surface area contributed by atoms with Gasteiger partial charge in [-0.3, -0.25) is 0 Å². The summed E-state index contributed by atoms with van der Waals surface area (Å²) in [6.45, 7) is 0. The molecular formula is C12H14O. The summed E-state index contributed by atoms with van der Waals surface area (Å²) in [6, 6.07) is 10.2. The Morgan fingerprint density at radius 2 is 1.85 bits per heavy atom. The summed E-state index contributed by atoms with van der Waals surface area (Å²) >= 11 is 0. The minimum Gasteiger partial charge on any atom is -0.303 e. The number of unbranched alkanes of at least 4 members (excludes halogenated alkanes) is 2. The van der Waals surface area contributed by atoms with E-state index in [1.807, 2.05) is 18.2 Å². The van der Waals surface area contributed by atoms with Crippen molar-refractivity contribution in [2.75, 3.05) is 0 Å². The van der Waals surface area contributed by atoms with Crippen LogP contribution in [-0.2, 0) is 4.79 Å². The normalized spacial score (nSPS) is 10.5. The Bertz CT molecular complexity index is 262. The maximum atomic E-state index is 10.0. The van der Waals surface area contributed by atoms with Gasteiger partial charge in [0.25, 0.3) is 0 Å². The molecule has 0 aliphatic rings. The highest BCUT2D eigenvalue weighted by Crippen LogP contribution is 2.03. The van der Waals surface area contributed by atoms with Gasteiger partial charge in [-0.05, 0) is 18.4 Å². The Labute approximate surface area is 79.1 Å². The highest BCUT2D eigenvalue weighted by molar-refractivity contribution is 5.50. The molecule has 13 heavy (non-hydrogen) atoms. The van der Waals surface area contributed by atoms with Crippen LogP contribution in [0.3, 0.4) is 0 Å². The molecule has 0 aromatic heterocycles. The van der Waals surface area contributed by atoms with Gasteiger partial charge in [-0.15, -0.1) is 0 Å². The largest absolute Gasteiger partial charge is 0.303 e. The first-order chi connectivity index (χ1) is 6.43. The third-order valence-corrected chi connectivity index (χ3v) is 1.80. The number of benzene rings is 1. The van der Waals surface area contributed by atoms with Crippen molar-refractivity contribution in [2.24, 2.45) is 0 Å². The first-order valence-corrected chi connectivity index (χ1v) is 4.58. The van der Waals surface area contributed by atoms with Crippen LogP contribution in [0.15, 0.2) is 36.4 Å². The fourth-order valence-electron chi connectivity index (χ4n) is 1.10. The van der Waals surface area contributed by atoms with E-state index in [0.717, 1.165) is 19.1 Å². The van der Waals surface area contributed by atoms with Crippen molar-refractivity contribution in [1.29, 1.82) is 0 Å². The van der Waals surface area contributed by atoms with E-state index >= 15 is 0 Å². The molecule has 1 nitrogen and oxygen atoms in total. The lowest BCUT2D eigenvalue weighted by atomic mass is 10.2. The van der Waals surface area contributed by atoms with Gasteiger partial charge in [-0.1, -0.05) is 42.5 Å². The summed E-state index contributed by atoms with van der Waals surface area (Å²) < 4.78 is 0. The molecule has 0 aliphatic heterocycles. The molecule has 68 valence electrons. The molecule has 0 N–H and O–H groups in total. The predicted octanol–water partition coefficient (Wildman–Crippen LogP) is 3.07. The molecule has 0 amide bonds. The molecule has 1 aromatic carbocycles. The number of carbonyl (C=O) groups is 1. The fourth-order valence-corrected chi connectivity index (χ4v) is 1.10. The summed E-state index contributed by atoms with van der Waals surface area (Å²) in [5.74, 6) is 0. The molecule has 1 heteroatoms. The average Bonchev–Trinajstić information content (AvgIpc) is 2.19. The van der Waals surface area contributed by atoms with Gasteiger partial charge in [-0.2, -0.15) is 0 Å². The summed E-state index contributed by atoms with van der Waals surface area (Å²) in [6.07, 6.45) is 7.76. The van der Waals surface area contributed by atoms with E-state index in [1.165, 1.54) is 5.56 Å². The van der Waals surface area contributed by atoms with Crippen LogP contribution >= 0.6 is 0 Å². The molecule has 0 heterocycles. The Balaban J connectivity index is 2.28. The first-order valence-electron chi connectivity index (χ1n) is 4.58. The van der Waals surface area contributed by atoms with Crippen molar-refractivity contribution < 1.29 is 4.79 Å². The van der Waals surface area contributed by atoms with Crippen LogP contribution in [0, 0.1) is 0 Å². The number of allylic oxidation sites excluding steroid dienone is 1. The van der Waals surface area contributed by atoms with Gasteiger partial charge in [0, 0.05) is 6.42 Å². The summed E-state index contributed by atoms with van der Waals surface area (Å²) in [5.41, 5.74) is 1.22. The fraction of sp³-hybridized carbons (Fsp3) is 0.250. The molecule has 0 saturated carbocycles. The van der Waals surface area contributed by atoms with E-state index < -0.39 is 0 Å². The second-order valence-corrected chi connectivity index (χ2v) is 2.91. The average molecular weight is 174 g/mol. The second kappa shape index (κ2) is 6.18. The summed E-state index contributed by atoms with van der Waals surface area (Å²) in [7, 11) is 0. The summed E-state index contributed by atoms with van der Waals surface area (Å²) in [4.78, 5) is 10.0. The van der Waals surface area contributed by atoms with Crippen LogP contribution in [0.2, 0.25) is 0 Å². The maximum absolute atomic E-state index is 10.0. The van der Waals surface area contributed by atoms with Crippen LogP contribution in [0.5, 0.6) is 0 Å². The van der Waals surface area contributed by atoms with Crippen molar-refractivity contribution in [3.8, 4) is 0 Å². The number of rotatable bonds is 5. The predicted molar refractivity (Wildman–Crippen MR) is 55.4 cm³/mol. The zero-order valence-electron chi connectivity index (χ0n) is 7.65. The highest BCUT2D eigenvalue weighted by atomic mass is 16.1. The van der Waals surface area contributed by atoms with Gasteiger partial charge < -0.3 is 4.79 Å². The van der Waals surface area contributed by atoms with E-state index in [2.05, 4.69) is 24.3 Å². The third-order valence-electron chi connectivity index (χ3n) is 1.80. The van der Waals surface area contributed by atoms with Gasteiger partial charge in [0.05, 0.1) is 0 Å². The lowest BCUT2D eigenvalue weighted by molar-refractivity contribution is -0.107. The van der Waals surface area contributed by atoms with Crippen molar-refractivity contribution in [2.45, 2.75) is 19.3 Å². The quantitative estimate of drug-likeness (QED) is 0.495. The zero-order valence-corrected chi connectivity index (χ0v) is 7.65. The smallest absolute Gasteiger partial charge is 0.120 e. The van der Waals surface area contributed by atoms with Gasteiger partial charge >= 0.3 is 0 Å². The van der Waals surface area contributed by atoms with E-state index in [4.69, 9.17) is 0 Å². The second-order valence-electron chi connectivity index (χ2n) is 2.91.